The second kappa shape index (κ2) is 11.1. The molecule has 3 aromatic rings. The van der Waals surface area contributed by atoms with Gasteiger partial charge in [0.2, 0.25) is 5.88 Å². The molecular weight excluding hydrogens is 568 g/mol. The normalized spacial score (nSPS) is 25.1. The highest BCUT2D eigenvalue weighted by atomic mass is 19.1. The number of carbonyl (C=O) groups is 1. The molecule has 0 amide bonds. The zero-order valence-corrected chi connectivity index (χ0v) is 25.7. The summed E-state index contributed by atoms with van der Waals surface area (Å²) in [6, 6.07) is 7.86. The average molecular weight is 608 g/mol. The third-order valence-electron chi connectivity index (χ3n) is 9.07. The van der Waals surface area contributed by atoms with Gasteiger partial charge in [-0.15, -0.1) is 0 Å². The lowest BCUT2D eigenvalue weighted by Gasteiger charge is -2.42. The van der Waals surface area contributed by atoms with E-state index < -0.39 is 22.8 Å². The van der Waals surface area contributed by atoms with Gasteiger partial charge in [-0.2, -0.15) is 0 Å². The summed E-state index contributed by atoms with van der Waals surface area (Å²) in [6.07, 6.45) is 3.45. The minimum atomic E-state index is -1.00. The summed E-state index contributed by atoms with van der Waals surface area (Å²) in [4.78, 5) is 17.0. The second-order valence-electron chi connectivity index (χ2n) is 13.8. The van der Waals surface area contributed by atoms with Gasteiger partial charge in [-0.25, -0.2) is 13.8 Å². The molecule has 7 nitrogen and oxygen atoms in total. The maximum atomic E-state index is 15.1. The van der Waals surface area contributed by atoms with Gasteiger partial charge in [-0.05, 0) is 112 Å². The predicted octanol–water partition coefficient (Wildman–Crippen LogP) is 5.96. The van der Waals surface area contributed by atoms with Gasteiger partial charge in [0.25, 0.3) is 0 Å². The number of nitrogens with zero attached hydrogens (tertiary/aromatic N) is 1. The molecule has 2 fully saturated rings. The minimum absolute atomic E-state index is 0.117. The molecule has 2 aromatic carbocycles. The molecule has 3 atom stereocenters. The topological polar surface area (TPSA) is 98.1 Å². The van der Waals surface area contributed by atoms with Gasteiger partial charge in [0, 0.05) is 35.4 Å². The van der Waals surface area contributed by atoms with E-state index in [9.17, 15) is 19.4 Å². The monoisotopic (exact) mass is 607 g/mol. The van der Waals surface area contributed by atoms with Crippen molar-refractivity contribution in [3.63, 3.8) is 0 Å². The molecule has 3 aliphatic rings. The van der Waals surface area contributed by atoms with Crippen LogP contribution in [-0.2, 0) is 22.6 Å². The smallest absolute Gasteiger partial charge is 0.310 e. The molecule has 2 N–H and O–H groups in total. The highest BCUT2D eigenvalue weighted by Crippen LogP contribution is 2.62. The van der Waals surface area contributed by atoms with Gasteiger partial charge >= 0.3 is 5.97 Å². The Morgan fingerprint density at radius 3 is 2.41 bits per heavy atom. The lowest BCUT2D eigenvalue weighted by Crippen LogP contribution is -2.48. The maximum Gasteiger partial charge on any atom is 0.310 e. The van der Waals surface area contributed by atoms with Crippen LogP contribution in [0.3, 0.4) is 0 Å². The molecule has 3 unspecified atom stereocenters. The highest BCUT2D eigenvalue weighted by Gasteiger charge is 2.61. The van der Waals surface area contributed by atoms with E-state index in [0.29, 0.717) is 36.6 Å². The van der Waals surface area contributed by atoms with Crippen molar-refractivity contribution in [2.24, 2.45) is 17.8 Å². The van der Waals surface area contributed by atoms with E-state index in [2.05, 4.69) is 4.98 Å². The quantitative estimate of drug-likeness (QED) is 0.290. The van der Waals surface area contributed by atoms with E-state index in [0.717, 1.165) is 34.7 Å². The summed E-state index contributed by atoms with van der Waals surface area (Å²) in [5.41, 5.74) is 3.27. The molecule has 0 saturated heterocycles. The number of aliphatic hydroxyl groups is 2. The molecule has 0 radical (unpaired) electrons. The summed E-state index contributed by atoms with van der Waals surface area (Å²) < 4.78 is 47.4. The maximum absolute atomic E-state index is 15.1. The summed E-state index contributed by atoms with van der Waals surface area (Å²) in [5.74, 6) is -0.206. The largest absolute Gasteiger partial charge is 0.493 e. The van der Waals surface area contributed by atoms with Crippen LogP contribution in [0.15, 0.2) is 36.5 Å². The van der Waals surface area contributed by atoms with E-state index in [1.165, 1.54) is 6.07 Å². The summed E-state index contributed by atoms with van der Waals surface area (Å²) >= 11 is 0. The zero-order chi connectivity index (χ0) is 31.6. The van der Waals surface area contributed by atoms with Crippen LogP contribution in [0.5, 0.6) is 11.6 Å². The van der Waals surface area contributed by atoms with E-state index >= 15 is 4.39 Å². The number of hydrogen-bond donors (Lipinski definition) is 2. The Hall–Kier alpha value is -3.56. The Bertz CT molecular complexity index is 1590. The highest BCUT2D eigenvalue weighted by molar-refractivity contribution is 5.80. The van der Waals surface area contributed by atoms with Gasteiger partial charge in [0.15, 0.2) is 0 Å². The zero-order valence-electron chi connectivity index (χ0n) is 25.7. The summed E-state index contributed by atoms with van der Waals surface area (Å²) in [6.45, 7) is 9.33. The van der Waals surface area contributed by atoms with Crippen molar-refractivity contribution in [1.29, 1.82) is 0 Å². The number of esters is 1. The lowest BCUT2D eigenvalue weighted by molar-refractivity contribution is -0.157. The van der Waals surface area contributed by atoms with Crippen molar-refractivity contribution in [2.45, 2.75) is 77.6 Å². The molecule has 3 aliphatic carbocycles. The molecule has 1 heterocycles. The van der Waals surface area contributed by atoms with Gasteiger partial charge < -0.3 is 24.4 Å². The van der Waals surface area contributed by atoms with Crippen LogP contribution in [0.2, 0.25) is 0 Å². The van der Waals surface area contributed by atoms with Gasteiger partial charge in [0.1, 0.15) is 29.6 Å². The number of hydrogen-bond acceptors (Lipinski definition) is 7. The Morgan fingerprint density at radius 2 is 1.75 bits per heavy atom. The SMILES string of the molecule is Cc1cc(OCC2CC(O)(CO)C2)cc(C)c1-c1cc(COc2cc3c(cn2)C2C(C3)C2C(=O)OC(C)(C)C)c(F)cc1F. The van der Waals surface area contributed by atoms with Crippen LogP contribution < -0.4 is 9.47 Å². The number of aliphatic hydroxyl groups excluding tert-OH is 1. The van der Waals surface area contributed by atoms with Crippen LogP contribution in [0, 0.1) is 43.2 Å². The molecule has 9 heteroatoms. The first kappa shape index (κ1) is 30.5. The number of aromatic nitrogens is 1. The fourth-order valence-electron chi connectivity index (χ4n) is 6.99. The van der Waals surface area contributed by atoms with Crippen molar-refractivity contribution < 1.29 is 38.0 Å². The van der Waals surface area contributed by atoms with Crippen LogP contribution in [0.25, 0.3) is 11.1 Å². The van der Waals surface area contributed by atoms with Crippen molar-refractivity contribution in [3.8, 4) is 22.8 Å². The number of aryl methyl sites for hydroxylation is 2. The van der Waals surface area contributed by atoms with E-state index in [1.807, 2.05) is 52.8 Å². The molecule has 1 aromatic heterocycles. The standard InChI is InChI=1S/C35H39F2NO6/c1-18-6-23(42-15-20-12-35(41,13-20)17-39)7-19(2)30(18)24-9-22(27(36)11-28(24)37)16-43-29-10-21-8-25-31(26(21)14-38-29)32(25)33(40)44-34(3,4)5/h6-7,9-11,14,20,25,31-32,39,41H,8,12-13,15-17H2,1-5H3. The van der Waals surface area contributed by atoms with Crippen molar-refractivity contribution in [1.82, 2.24) is 4.98 Å². The van der Waals surface area contributed by atoms with Crippen molar-refractivity contribution in [2.75, 3.05) is 13.2 Å². The van der Waals surface area contributed by atoms with Crippen LogP contribution in [0.4, 0.5) is 8.78 Å². The molecule has 0 spiro atoms. The number of ether oxygens (including phenoxy) is 3. The van der Waals surface area contributed by atoms with Crippen LogP contribution in [0.1, 0.15) is 67.3 Å². The van der Waals surface area contributed by atoms with Crippen molar-refractivity contribution >= 4 is 5.97 Å². The van der Waals surface area contributed by atoms with E-state index in [-0.39, 0.29) is 54.0 Å². The van der Waals surface area contributed by atoms with Gasteiger partial charge in [-0.1, -0.05) is 0 Å². The fourth-order valence-corrected chi connectivity index (χ4v) is 6.99. The number of pyridine rings is 1. The van der Waals surface area contributed by atoms with Crippen molar-refractivity contribution in [3.05, 3.63) is 76.0 Å². The number of rotatable bonds is 9. The molecule has 6 rings (SSSR count). The molecule has 44 heavy (non-hydrogen) atoms. The Balaban J connectivity index is 1.12. The third-order valence-corrected chi connectivity index (χ3v) is 9.07. The molecule has 0 aliphatic heterocycles. The third kappa shape index (κ3) is 5.92. The Morgan fingerprint density at radius 1 is 1.05 bits per heavy atom. The summed E-state index contributed by atoms with van der Waals surface area (Å²) in [7, 11) is 0. The van der Waals surface area contributed by atoms with Gasteiger partial charge in [0.05, 0.1) is 24.7 Å². The minimum Gasteiger partial charge on any atom is -0.493 e. The molecule has 2 saturated carbocycles. The fraction of sp³-hybridized carbons (Fsp3) is 0.486. The molecular formula is C35H39F2NO6. The first-order valence-corrected chi connectivity index (χ1v) is 15.2. The van der Waals surface area contributed by atoms with Crippen LogP contribution >= 0.6 is 0 Å². The Kier molecular flexibility index (Phi) is 7.69. The van der Waals surface area contributed by atoms with E-state index in [4.69, 9.17) is 14.2 Å². The van der Waals surface area contributed by atoms with Gasteiger partial charge in [-0.3, -0.25) is 4.79 Å². The number of halogens is 2. The molecule has 0 bridgehead atoms. The second-order valence-corrected chi connectivity index (χ2v) is 13.8. The average Bonchev–Trinajstić information content (AvgIpc) is 3.51. The van der Waals surface area contributed by atoms with E-state index in [1.54, 1.807) is 6.20 Å². The number of carbonyl (C=O) groups excluding carboxylic acids is 1. The predicted molar refractivity (Wildman–Crippen MR) is 159 cm³/mol. The first-order chi connectivity index (χ1) is 20.7. The summed E-state index contributed by atoms with van der Waals surface area (Å²) in [5, 5.41) is 19.2. The molecule has 234 valence electrons. The first-order valence-electron chi connectivity index (χ1n) is 15.2. The van der Waals surface area contributed by atoms with Crippen LogP contribution in [-0.4, -0.2) is 45.6 Å². The Labute approximate surface area is 256 Å². The number of benzene rings is 2. The lowest BCUT2D eigenvalue weighted by atomic mass is 9.72. The number of fused-ring (bicyclic) bond motifs is 3.